The standard InChI is InChI=1S/C31H21Cl2N7O4S3/c32-18-10-12-21(22(33)14-18)29-37-38-30(39(29)20-6-2-1-3-7-20)45-16-27(41)34-19-11-13-24-26(15-19)47-31(36-24)46-17-28(42)35-23-8-4-5-9-25(23)40(43)44/h1-15H,16-17H2,(H,34,41)(H,35,42). The van der Waals surface area contributed by atoms with Crippen LogP contribution < -0.4 is 10.6 Å². The molecule has 2 heterocycles. The second-order valence-corrected chi connectivity index (χ2v) is 13.8. The molecule has 0 aliphatic carbocycles. The molecule has 0 atom stereocenters. The van der Waals surface area contributed by atoms with Crippen LogP contribution in [0, 0.1) is 10.1 Å². The highest BCUT2D eigenvalue weighted by atomic mass is 35.5. The lowest BCUT2D eigenvalue weighted by atomic mass is 10.2. The normalized spacial score (nSPS) is 11.0. The SMILES string of the molecule is O=C(CSc1nnc(-c2ccc(Cl)cc2Cl)n1-c1ccccc1)Nc1ccc2nc(SCC(=O)Nc3ccccc3[N+](=O)[O-])sc2c1. The number of para-hydroxylation sites is 3. The monoisotopic (exact) mass is 721 g/mol. The van der Waals surface area contributed by atoms with Crippen molar-refractivity contribution >= 4 is 97.2 Å². The average Bonchev–Trinajstić information content (AvgIpc) is 3.67. The van der Waals surface area contributed by atoms with Crippen molar-refractivity contribution in [3.8, 4) is 17.1 Å². The van der Waals surface area contributed by atoms with Crippen LogP contribution in [0.15, 0.2) is 100 Å². The van der Waals surface area contributed by atoms with Crippen molar-refractivity contribution in [1.82, 2.24) is 19.7 Å². The summed E-state index contributed by atoms with van der Waals surface area (Å²) in [5.74, 6) is -0.0273. The molecule has 4 aromatic carbocycles. The van der Waals surface area contributed by atoms with Crippen LogP contribution in [0.1, 0.15) is 0 Å². The number of anilines is 2. The molecule has 2 amide bonds. The van der Waals surface area contributed by atoms with Gasteiger partial charge in [-0.05, 0) is 54.6 Å². The van der Waals surface area contributed by atoms with Gasteiger partial charge in [0, 0.05) is 28.0 Å². The summed E-state index contributed by atoms with van der Waals surface area (Å²) in [5, 5.41) is 26.9. The van der Waals surface area contributed by atoms with E-state index in [1.165, 1.54) is 53.1 Å². The fraction of sp³-hybridized carbons (Fsp3) is 0.0645. The number of amides is 2. The van der Waals surface area contributed by atoms with Gasteiger partial charge in [0.2, 0.25) is 11.8 Å². The summed E-state index contributed by atoms with van der Waals surface area (Å²) in [6, 6.07) is 26.0. The van der Waals surface area contributed by atoms with Crippen molar-refractivity contribution in [2.45, 2.75) is 9.50 Å². The van der Waals surface area contributed by atoms with E-state index < -0.39 is 4.92 Å². The van der Waals surface area contributed by atoms with Crippen molar-refractivity contribution in [2.75, 3.05) is 22.1 Å². The number of carbonyl (C=O) groups excluding carboxylic acids is 2. The van der Waals surface area contributed by atoms with Crippen LogP contribution in [-0.4, -0.2) is 48.0 Å². The van der Waals surface area contributed by atoms with E-state index in [9.17, 15) is 19.7 Å². The Balaban J connectivity index is 1.10. The number of benzene rings is 4. The molecule has 16 heteroatoms. The molecule has 0 bridgehead atoms. The van der Waals surface area contributed by atoms with Crippen molar-refractivity contribution in [1.29, 1.82) is 0 Å². The first kappa shape index (κ1) is 32.5. The Bertz CT molecular complexity index is 2130. The second-order valence-electron chi connectivity index (χ2n) is 9.71. The fourth-order valence-corrected chi connectivity index (χ4v) is 7.59. The smallest absolute Gasteiger partial charge is 0.292 e. The fourth-order valence-electron chi connectivity index (χ4n) is 4.44. The molecule has 0 saturated heterocycles. The minimum Gasteiger partial charge on any atom is -0.325 e. The van der Waals surface area contributed by atoms with E-state index in [1.807, 2.05) is 41.0 Å². The molecule has 0 radical (unpaired) electrons. The highest BCUT2D eigenvalue weighted by Crippen LogP contribution is 2.34. The molecule has 0 saturated carbocycles. The Morgan fingerprint density at radius 2 is 1.62 bits per heavy atom. The third-order valence-electron chi connectivity index (χ3n) is 6.51. The molecule has 0 spiro atoms. The summed E-state index contributed by atoms with van der Waals surface area (Å²) in [5.41, 5.74) is 2.73. The molecule has 236 valence electrons. The van der Waals surface area contributed by atoms with Crippen molar-refractivity contribution < 1.29 is 14.5 Å². The third-order valence-corrected chi connectivity index (χ3v) is 10.1. The molecule has 0 aliphatic rings. The van der Waals surface area contributed by atoms with Gasteiger partial charge in [0.25, 0.3) is 5.69 Å². The Morgan fingerprint density at radius 3 is 2.40 bits per heavy atom. The van der Waals surface area contributed by atoms with E-state index >= 15 is 0 Å². The zero-order valence-electron chi connectivity index (χ0n) is 23.9. The summed E-state index contributed by atoms with van der Waals surface area (Å²) in [6.07, 6.45) is 0. The van der Waals surface area contributed by atoms with Gasteiger partial charge in [-0.25, -0.2) is 4.98 Å². The number of carbonyl (C=O) groups is 2. The van der Waals surface area contributed by atoms with Crippen LogP contribution in [-0.2, 0) is 9.59 Å². The van der Waals surface area contributed by atoms with Gasteiger partial charge in [-0.3, -0.25) is 24.3 Å². The van der Waals surface area contributed by atoms with E-state index in [1.54, 1.807) is 36.4 Å². The van der Waals surface area contributed by atoms with E-state index in [4.69, 9.17) is 23.2 Å². The van der Waals surface area contributed by atoms with E-state index in [0.29, 0.717) is 42.1 Å². The maximum atomic E-state index is 13.0. The number of halogens is 2. The maximum absolute atomic E-state index is 13.0. The minimum absolute atomic E-state index is 0.0201. The number of aromatic nitrogens is 4. The number of thioether (sulfide) groups is 2. The summed E-state index contributed by atoms with van der Waals surface area (Å²) in [7, 11) is 0. The maximum Gasteiger partial charge on any atom is 0.292 e. The molecule has 0 aliphatic heterocycles. The molecular formula is C31H21Cl2N7O4S3. The molecule has 47 heavy (non-hydrogen) atoms. The number of nitrogens with one attached hydrogen (secondary N) is 2. The van der Waals surface area contributed by atoms with Crippen molar-refractivity contribution in [3.63, 3.8) is 0 Å². The first-order valence-corrected chi connectivity index (χ1v) is 17.2. The molecule has 0 fully saturated rings. The number of hydrogen-bond acceptors (Lipinski definition) is 10. The zero-order valence-corrected chi connectivity index (χ0v) is 27.9. The zero-order chi connectivity index (χ0) is 32.9. The predicted octanol–water partition coefficient (Wildman–Crippen LogP) is 8.22. The molecule has 2 N–H and O–H groups in total. The second kappa shape index (κ2) is 14.5. The largest absolute Gasteiger partial charge is 0.325 e. The van der Waals surface area contributed by atoms with Gasteiger partial charge in [0.1, 0.15) is 5.69 Å². The summed E-state index contributed by atoms with van der Waals surface area (Å²) in [6.45, 7) is 0. The van der Waals surface area contributed by atoms with Crippen LogP contribution >= 0.6 is 58.1 Å². The Kier molecular flexibility index (Phi) is 10.0. The molecule has 6 rings (SSSR count). The van der Waals surface area contributed by atoms with Gasteiger partial charge in [-0.15, -0.1) is 21.5 Å². The molecule has 2 aromatic heterocycles. The van der Waals surface area contributed by atoms with E-state index in [2.05, 4.69) is 25.8 Å². The predicted molar refractivity (Wildman–Crippen MR) is 188 cm³/mol. The van der Waals surface area contributed by atoms with E-state index in [-0.39, 0.29) is 34.7 Å². The van der Waals surface area contributed by atoms with E-state index in [0.717, 1.165) is 10.4 Å². The summed E-state index contributed by atoms with van der Waals surface area (Å²) >= 11 is 16.4. The first-order valence-electron chi connectivity index (χ1n) is 13.7. The van der Waals surface area contributed by atoms with Crippen LogP contribution in [0.4, 0.5) is 17.1 Å². The number of nitro benzene ring substituents is 1. The van der Waals surface area contributed by atoms with Crippen LogP contribution in [0.3, 0.4) is 0 Å². The van der Waals surface area contributed by atoms with Gasteiger partial charge < -0.3 is 10.6 Å². The lowest BCUT2D eigenvalue weighted by molar-refractivity contribution is -0.383. The van der Waals surface area contributed by atoms with Crippen LogP contribution in [0.25, 0.3) is 27.3 Å². The number of nitro groups is 1. The van der Waals surface area contributed by atoms with Crippen molar-refractivity contribution in [2.24, 2.45) is 0 Å². The molecule has 0 unspecified atom stereocenters. The number of rotatable bonds is 11. The lowest BCUT2D eigenvalue weighted by Crippen LogP contribution is -2.15. The van der Waals surface area contributed by atoms with Crippen LogP contribution in [0.5, 0.6) is 0 Å². The topological polar surface area (TPSA) is 145 Å². The quantitative estimate of drug-likeness (QED) is 0.0768. The Morgan fingerprint density at radius 1 is 0.872 bits per heavy atom. The van der Waals surface area contributed by atoms with Gasteiger partial charge in [0.05, 0.1) is 31.7 Å². The number of fused-ring (bicyclic) bond motifs is 1. The van der Waals surface area contributed by atoms with Crippen molar-refractivity contribution in [3.05, 3.63) is 111 Å². The Hall–Kier alpha value is -4.47. The highest BCUT2D eigenvalue weighted by Gasteiger charge is 2.20. The molecule has 6 aromatic rings. The van der Waals surface area contributed by atoms with Gasteiger partial charge in [-0.1, -0.05) is 77.1 Å². The molecule has 11 nitrogen and oxygen atoms in total. The van der Waals surface area contributed by atoms with Gasteiger partial charge >= 0.3 is 0 Å². The first-order chi connectivity index (χ1) is 22.7. The Labute approximate surface area is 289 Å². The number of hydrogen-bond donors (Lipinski definition) is 2. The molecular weight excluding hydrogens is 701 g/mol. The summed E-state index contributed by atoms with van der Waals surface area (Å²) in [4.78, 5) is 40.7. The third kappa shape index (κ3) is 7.75. The minimum atomic E-state index is -0.545. The van der Waals surface area contributed by atoms with Gasteiger partial charge in [-0.2, -0.15) is 0 Å². The average molecular weight is 723 g/mol. The lowest BCUT2D eigenvalue weighted by Gasteiger charge is -2.11. The van der Waals surface area contributed by atoms with Gasteiger partial charge in [0.15, 0.2) is 15.3 Å². The number of nitrogens with zero attached hydrogens (tertiary/aromatic N) is 5. The van der Waals surface area contributed by atoms with Crippen LogP contribution in [0.2, 0.25) is 10.0 Å². The highest BCUT2D eigenvalue weighted by molar-refractivity contribution is 8.01. The summed E-state index contributed by atoms with van der Waals surface area (Å²) < 4.78 is 3.32. The number of thiazole rings is 1.